The Bertz CT molecular complexity index is 343. The molecule has 1 fully saturated rings. The molecule has 0 radical (unpaired) electrons. The lowest BCUT2D eigenvalue weighted by Gasteiger charge is -2.26. The molecular weight excluding hydrogens is 180 g/mol. The van der Waals surface area contributed by atoms with E-state index in [0.29, 0.717) is 12.2 Å². The number of aromatic nitrogens is 2. The molecular formula is C9H14N4O. The molecule has 5 heteroatoms. The minimum atomic E-state index is -0.0777. The minimum absolute atomic E-state index is 0.0777. The molecule has 0 amide bonds. The molecule has 14 heavy (non-hydrogen) atoms. The summed E-state index contributed by atoms with van der Waals surface area (Å²) >= 11 is 0. The van der Waals surface area contributed by atoms with Crippen LogP contribution in [0.1, 0.15) is 5.69 Å². The molecule has 0 saturated carbocycles. The van der Waals surface area contributed by atoms with Gasteiger partial charge >= 0.3 is 0 Å². The van der Waals surface area contributed by atoms with Crippen molar-refractivity contribution in [3.8, 4) is 0 Å². The predicted octanol–water partition coefficient (Wildman–Crippen LogP) is -0.825. The van der Waals surface area contributed by atoms with E-state index < -0.39 is 0 Å². The lowest BCUT2D eigenvalue weighted by Crippen LogP contribution is -2.43. The molecule has 1 aliphatic heterocycles. The summed E-state index contributed by atoms with van der Waals surface area (Å²) in [5.74, 6) is 0. The smallest absolute Gasteiger partial charge is 0.270 e. The number of nitrogens with zero attached hydrogens (tertiary/aromatic N) is 2. The van der Waals surface area contributed by atoms with Crippen LogP contribution in [-0.4, -0.2) is 41.0 Å². The first-order chi connectivity index (χ1) is 6.86. The van der Waals surface area contributed by atoms with Crippen LogP contribution in [0.5, 0.6) is 0 Å². The Morgan fingerprint density at radius 2 is 2.21 bits per heavy atom. The van der Waals surface area contributed by atoms with E-state index in [4.69, 9.17) is 0 Å². The second-order valence-electron chi connectivity index (χ2n) is 3.39. The Labute approximate surface area is 82.2 Å². The van der Waals surface area contributed by atoms with Crippen LogP contribution in [0.25, 0.3) is 0 Å². The maximum atomic E-state index is 11.3. The Morgan fingerprint density at radius 1 is 1.43 bits per heavy atom. The topological polar surface area (TPSA) is 61.0 Å². The van der Waals surface area contributed by atoms with Gasteiger partial charge in [-0.3, -0.25) is 14.7 Å². The highest BCUT2D eigenvalue weighted by Crippen LogP contribution is 1.97. The van der Waals surface area contributed by atoms with Gasteiger partial charge in [0.1, 0.15) is 5.69 Å². The average Bonchev–Trinajstić information content (AvgIpc) is 2.23. The molecule has 0 spiro atoms. The maximum Gasteiger partial charge on any atom is 0.270 e. The number of rotatable bonds is 2. The lowest BCUT2D eigenvalue weighted by molar-refractivity contribution is 0.230. The van der Waals surface area contributed by atoms with Crippen molar-refractivity contribution in [1.29, 1.82) is 0 Å². The van der Waals surface area contributed by atoms with Gasteiger partial charge < -0.3 is 10.3 Å². The van der Waals surface area contributed by atoms with E-state index in [0.717, 1.165) is 26.2 Å². The van der Waals surface area contributed by atoms with Crippen LogP contribution in [0.3, 0.4) is 0 Å². The molecule has 76 valence electrons. The molecule has 2 heterocycles. The zero-order chi connectivity index (χ0) is 9.80. The summed E-state index contributed by atoms with van der Waals surface area (Å²) in [5.41, 5.74) is 0.528. The van der Waals surface area contributed by atoms with E-state index in [9.17, 15) is 4.79 Å². The van der Waals surface area contributed by atoms with Gasteiger partial charge in [0, 0.05) is 45.1 Å². The number of nitrogens with one attached hydrogen (secondary N) is 2. The Hall–Kier alpha value is -1.20. The van der Waals surface area contributed by atoms with Crippen molar-refractivity contribution in [2.45, 2.75) is 6.54 Å². The normalized spacial score (nSPS) is 18.3. The van der Waals surface area contributed by atoms with E-state index in [2.05, 4.69) is 20.2 Å². The third-order valence-corrected chi connectivity index (χ3v) is 2.36. The van der Waals surface area contributed by atoms with E-state index >= 15 is 0 Å². The van der Waals surface area contributed by atoms with Crippen LogP contribution in [0.2, 0.25) is 0 Å². The van der Waals surface area contributed by atoms with Gasteiger partial charge in [-0.2, -0.15) is 0 Å². The third-order valence-electron chi connectivity index (χ3n) is 2.36. The van der Waals surface area contributed by atoms with Crippen molar-refractivity contribution >= 4 is 0 Å². The fraction of sp³-hybridized carbons (Fsp3) is 0.556. The van der Waals surface area contributed by atoms with Crippen LogP contribution in [0.4, 0.5) is 0 Å². The SMILES string of the molecule is O=c1[nH]ccnc1CN1CCNCC1. The van der Waals surface area contributed by atoms with Gasteiger partial charge in [0.15, 0.2) is 0 Å². The second-order valence-corrected chi connectivity index (χ2v) is 3.39. The van der Waals surface area contributed by atoms with E-state index in [1.807, 2.05) is 0 Å². The first-order valence-electron chi connectivity index (χ1n) is 4.82. The molecule has 0 aromatic carbocycles. The highest BCUT2D eigenvalue weighted by atomic mass is 16.1. The fourth-order valence-corrected chi connectivity index (χ4v) is 1.58. The Kier molecular flexibility index (Phi) is 2.90. The molecule has 1 aliphatic rings. The van der Waals surface area contributed by atoms with E-state index in [1.165, 1.54) is 0 Å². The molecule has 0 unspecified atom stereocenters. The van der Waals surface area contributed by atoms with Gasteiger partial charge in [-0.25, -0.2) is 0 Å². The summed E-state index contributed by atoms with van der Waals surface area (Å²) < 4.78 is 0. The highest BCUT2D eigenvalue weighted by Gasteiger charge is 2.11. The molecule has 0 bridgehead atoms. The van der Waals surface area contributed by atoms with Gasteiger partial charge in [0.25, 0.3) is 5.56 Å². The van der Waals surface area contributed by atoms with Gasteiger partial charge in [-0.1, -0.05) is 0 Å². The number of hydrogen-bond donors (Lipinski definition) is 2. The van der Waals surface area contributed by atoms with Crippen LogP contribution < -0.4 is 10.9 Å². The zero-order valence-electron chi connectivity index (χ0n) is 7.99. The number of hydrogen-bond acceptors (Lipinski definition) is 4. The van der Waals surface area contributed by atoms with Crippen LogP contribution in [-0.2, 0) is 6.54 Å². The largest absolute Gasteiger partial charge is 0.326 e. The maximum absolute atomic E-state index is 11.3. The van der Waals surface area contributed by atoms with Gasteiger partial charge in [0.2, 0.25) is 0 Å². The van der Waals surface area contributed by atoms with Crippen molar-refractivity contribution in [3.05, 3.63) is 28.4 Å². The molecule has 5 nitrogen and oxygen atoms in total. The minimum Gasteiger partial charge on any atom is -0.326 e. The summed E-state index contributed by atoms with van der Waals surface area (Å²) in [4.78, 5) is 20.3. The summed E-state index contributed by atoms with van der Waals surface area (Å²) in [7, 11) is 0. The monoisotopic (exact) mass is 194 g/mol. The van der Waals surface area contributed by atoms with Crippen LogP contribution in [0.15, 0.2) is 17.2 Å². The van der Waals surface area contributed by atoms with Gasteiger partial charge in [-0.15, -0.1) is 0 Å². The quantitative estimate of drug-likeness (QED) is 0.645. The van der Waals surface area contributed by atoms with E-state index in [1.54, 1.807) is 12.4 Å². The zero-order valence-corrected chi connectivity index (χ0v) is 7.99. The fourth-order valence-electron chi connectivity index (χ4n) is 1.58. The van der Waals surface area contributed by atoms with Crippen molar-refractivity contribution in [2.75, 3.05) is 26.2 Å². The van der Waals surface area contributed by atoms with Gasteiger partial charge in [0.05, 0.1) is 0 Å². The van der Waals surface area contributed by atoms with Crippen molar-refractivity contribution < 1.29 is 0 Å². The third kappa shape index (κ3) is 2.18. The highest BCUT2D eigenvalue weighted by molar-refractivity contribution is 4.95. The second kappa shape index (κ2) is 4.34. The first-order valence-corrected chi connectivity index (χ1v) is 4.82. The first kappa shape index (κ1) is 9.36. The average molecular weight is 194 g/mol. The predicted molar refractivity (Wildman–Crippen MR) is 53.0 cm³/mol. The van der Waals surface area contributed by atoms with Crippen molar-refractivity contribution in [1.82, 2.24) is 20.2 Å². The number of aromatic amines is 1. The molecule has 2 rings (SSSR count). The summed E-state index contributed by atoms with van der Waals surface area (Å²) in [6.45, 7) is 4.60. The summed E-state index contributed by atoms with van der Waals surface area (Å²) in [5, 5.41) is 3.27. The molecule has 1 aromatic rings. The molecule has 1 saturated heterocycles. The standard InChI is InChI=1S/C9H14N4O/c14-9-8(11-1-2-12-9)7-13-5-3-10-4-6-13/h1-2,10H,3-7H2,(H,12,14). The molecule has 2 N–H and O–H groups in total. The molecule has 1 aromatic heterocycles. The van der Waals surface area contributed by atoms with Gasteiger partial charge in [-0.05, 0) is 0 Å². The van der Waals surface area contributed by atoms with Crippen LogP contribution in [0, 0.1) is 0 Å². The number of piperazine rings is 1. The van der Waals surface area contributed by atoms with Crippen molar-refractivity contribution in [3.63, 3.8) is 0 Å². The van der Waals surface area contributed by atoms with Crippen molar-refractivity contribution in [2.24, 2.45) is 0 Å². The summed E-state index contributed by atoms with van der Waals surface area (Å²) in [6, 6.07) is 0. The lowest BCUT2D eigenvalue weighted by atomic mass is 10.3. The molecule has 0 atom stereocenters. The number of H-pyrrole nitrogens is 1. The van der Waals surface area contributed by atoms with E-state index in [-0.39, 0.29) is 5.56 Å². The van der Waals surface area contributed by atoms with Crippen LogP contribution >= 0.6 is 0 Å². The summed E-state index contributed by atoms with van der Waals surface area (Å²) in [6.07, 6.45) is 3.18. The molecule has 0 aliphatic carbocycles. The Balaban J connectivity index is 2.03. The Morgan fingerprint density at radius 3 is 2.93 bits per heavy atom.